The monoisotopic (exact) mass is 336 g/mol. The first kappa shape index (κ1) is 16.8. The molecule has 0 radical (unpaired) electrons. The van der Waals surface area contributed by atoms with Crippen molar-refractivity contribution in [1.29, 1.82) is 0 Å². The molecule has 2 aromatic carbocycles. The average molecular weight is 336 g/mol. The summed E-state index contributed by atoms with van der Waals surface area (Å²) in [7, 11) is 1.59. The topological polar surface area (TPSA) is 60.5 Å². The number of carbonyl (C=O) groups excluding carboxylic acids is 1. The zero-order chi connectivity index (χ0) is 17.8. The predicted molar refractivity (Wildman–Crippen MR) is 98.5 cm³/mol. The number of rotatable bonds is 5. The van der Waals surface area contributed by atoms with Gasteiger partial charge in [0.15, 0.2) is 0 Å². The Balaban J connectivity index is 1.86. The van der Waals surface area contributed by atoms with Crippen LogP contribution in [0.5, 0.6) is 11.5 Å². The second kappa shape index (κ2) is 7.21. The van der Waals surface area contributed by atoms with Crippen molar-refractivity contribution in [2.45, 2.75) is 20.0 Å². The van der Waals surface area contributed by atoms with Crippen molar-refractivity contribution in [3.63, 3.8) is 0 Å². The lowest BCUT2D eigenvalue weighted by Crippen LogP contribution is -2.13. The van der Waals surface area contributed by atoms with Crippen LogP contribution in [0.25, 0.3) is 10.9 Å². The van der Waals surface area contributed by atoms with Gasteiger partial charge in [-0.25, -0.2) is 0 Å². The summed E-state index contributed by atoms with van der Waals surface area (Å²) in [6, 6.07) is 14.5. The Kier molecular flexibility index (Phi) is 4.84. The Labute approximate surface area is 146 Å². The number of hydrogen-bond donors (Lipinski definition) is 1. The fraction of sp³-hybridized carbons (Fsp3) is 0.200. The number of nitrogens with zero attached hydrogens (tertiary/aromatic N) is 1. The highest BCUT2D eigenvalue weighted by molar-refractivity contribution is 6.08. The van der Waals surface area contributed by atoms with E-state index in [1.54, 1.807) is 43.6 Å². The molecule has 0 bridgehead atoms. The van der Waals surface area contributed by atoms with E-state index in [4.69, 9.17) is 9.47 Å². The molecule has 0 unspecified atom stereocenters. The van der Waals surface area contributed by atoms with Crippen LogP contribution in [0.15, 0.2) is 54.7 Å². The van der Waals surface area contributed by atoms with Crippen molar-refractivity contribution in [2.75, 3.05) is 12.4 Å². The number of hydrogen-bond acceptors (Lipinski definition) is 4. The van der Waals surface area contributed by atoms with E-state index in [9.17, 15) is 4.79 Å². The fourth-order valence-corrected chi connectivity index (χ4v) is 2.53. The third kappa shape index (κ3) is 3.88. The molecule has 0 aliphatic heterocycles. The minimum absolute atomic E-state index is 0.0916. The molecule has 0 aliphatic rings. The number of nitrogens with one attached hydrogen (secondary N) is 1. The lowest BCUT2D eigenvalue weighted by atomic mass is 10.1. The molecule has 5 heteroatoms. The summed E-state index contributed by atoms with van der Waals surface area (Å²) >= 11 is 0. The predicted octanol–water partition coefficient (Wildman–Crippen LogP) is 4.28. The number of aromatic nitrogens is 1. The molecule has 0 saturated heterocycles. The van der Waals surface area contributed by atoms with Gasteiger partial charge in [0.2, 0.25) is 0 Å². The zero-order valence-corrected chi connectivity index (χ0v) is 14.4. The van der Waals surface area contributed by atoms with Gasteiger partial charge < -0.3 is 14.8 Å². The lowest BCUT2D eigenvalue weighted by molar-refractivity contribution is 0.102. The molecular weight excluding hydrogens is 316 g/mol. The van der Waals surface area contributed by atoms with Gasteiger partial charge in [0.25, 0.3) is 5.91 Å². The van der Waals surface area contributed by atoms with E-state index in [0.717, 1.165) is 16.7 Å². The second-order valence-corrected chi connectivity index (χ2v) is 5.90. The lowest BCUT2D eigenvalue weighted by Gasteiger charge is -2.12. The number of carbonyl (C=O) groups is 1. The molecule has 0 fully saturated rings. The first-order valence-corrected chi connectivity index (χ1v) is 8.07. The van der Waals surface area contributed by atoms with Crippen molar-refractivity contribution in [1.82, 2.24) is 4.98 Å². The maximum atomic E-state index is 12.6. The largest absolute Gasteiger partial charge is 0.497 e. The van der Waals surface area contributed by atoms with Crippen LogP contribution in [0.3, 0.4) is 0 Å². The molecule has 3 aromatic rings. The minimum Gasteiger partial charge on any atom is -0.497 e. The summed E-state index contributed by atoms with van der Waals surface area (Å²) in [4.78, 5) is 16.9. The Morgan fingerprint density at radius 2 is 1.84 bits per heavy atom. The van der Waals surface area contributed by atoms with Crippen LogP contribution < -0.4 is 14.8 Å². The van der Waals surface area contributed by atoms with Gasteiger partial charge in [0, 0.05) is 23.2 Å². The first-order chi connectivity index (χ1) is 12.1. The van der Waals surface area contributed by atoms with Crippen molar-refractivity contribution >= 4 is 22.5 Å². The highest BCUT2D eigenvalue weighted by Crippen LogP contribution is 2.28. The Bertz CT molecular complexity index is 889. The first-order valence-electron chi connectivity index (χ1n) is 8.07. The molecule has 1 amide bonds. The van der Waals surface area contributed by atoms with E-state index in [2.05, 4.69) is 10.3 Å². The molecule has 1 heterocycles. The van der Waals surface area contributed by atoms with E-state index in [0.29, 0.717) is 17.0 Å². The maximum Gasteiger partial charge on any atom is 0.255 e. The number of methoxy groups -OCH3 is 1. The normalized spacial score (nSPS) is 10.7. The third-order valence-corrected chi connectivity index (χ3v) is 3.65. The smallest absolute Gasteiger partial charge is 0.255 e. The number of fused-ring (bicyclic) bond motifs is 1. The summed E-state index contributed by atoms with van der Waals surface area (Å²) in [6.07, 6.45) is 1.79. The van der Waals surface area contributed by atoms with Crippen LogP contribution in [-0.2, 0) is 0 Å². The standard InChI is InChI=1S/C20H20N2O3/c1-13(2)25-16-8-6-14(7-9-16)20(23)22-18-12-17(24-3)11-15-5-4-10-21-19(15)18/h4-13H,1-3H3,(H,22,23). The van der Waals surface area contributed by atoms with Gasteiger partial charge in [0.1, 0.15) is 11.5 Å². The van der Waals surface area contributed by atoms with Crippen LogP contribution in [0, 0.1) is 0 Å². The average Bonchev–Trinajstić information content (AvgIpc) is 2.61. The van der Waals surface area contributed by atoms with Crippen LogP contribution in [-0.4, -0.2) is 24.1 Å². The minimum atomic E-state index is -0.212. The van der Waals surface area contributed by atoms with E-state index in [-0.39, 0.29) is 12.0 Å². The molecule has 0 spiro atoms. The molecular formula is C20H20N2O3. The summed E-state index contributed by atoms with van der Waals surface area (Å²) in [5, 5.41) is 3.81. The maximum absolute atomic E-state index is 12.6. The summed E-state index contributed by atoms with van der Waals surface area (Å²) in [5.41, 5.74) is 1.88. The second-order valence-electron chi connectivity index (χ2n) is 5.90. The van der Waals surface area contributed by atoms with Crippen molar-refractivity contribution in [2.24, 2.45) is 0 Å². The molecule has 25 heavy (non-hydrogen) atoms. The molecule has 128 valence electrons. The third-order valence-electron chi connectivity index (χ3n) is 3.65. The SMILES string of the molecule is COc1cc(NC(=O)c2ccc(OC(C)C)cc2)c2ncccc2c1. The van der Waals surface area contributed by atoms with Crippen molar-refractivity contribution in [3.8, 4) is 11.5 Å². The summed E-state index contributed by atoms with van der Waals surface area (Å²) < 4.78 is 10.9. The van der Waals surface area contributed by atoms with E-state index < -0.39 is 0 Å². The van der Waals surface area contributed by atoms with Gasteiger partial charge in [-0.15, -0.1) is 0 Å². The fourth-order valence-electron chi connectivity index (χ4n) is 2.53. The summed E-state index contributed by atoms with van der Waals surface area (Å²) in [5.74, 6) is 1.19. The van der Waals surface area contributed by atoms with Crippen LogP contribution >= 0.6 is 0 Å². The van der Waals surface area contributed by atoms with E-state index >= 15 is 0 Å². The van der Waals surface area contributed by atoms with E-state index in [1.165, 1.54) is 0 Å². The Morgan fingerprint density at radius 3 is 2.52 bits per heavy atom. The molecule has 0 aliphatic carbocycles. The van der Waals surface area contributed by atoms with Gasteiger partial charge in [-0.3, -0.25) is 9.78 Å². The van der Waals surface area contributed by atoms with Gasteiger partial charge in [0.05, 0.1) is 24.4 Å². The molecule has 5 nitrogen and oxygen atoms in total. The van der Waals surface area contributed by atoms with Gasteiger partial charge in [-0.2, -0.15) is 0 Å². The molecule has 0 saturated carbocycles. The van der Waals surface area contributed by atoms with Crippen LogP contribution in [0.2, 0.25) is 0 Å². The Morgan fingerprint density at radius 1 is 1.08 bits per heavy atom. The van der Waals surface area contributed by atoms with E-state index in [1.807, 2.05) is 32.0 Å². The van der Waals surface area contributed by atoms with Crippen LogP contribution in [0.4, 0.5) is 5.69 Å². The highest BCUT2D eigenvalue weighted by Gasteiger charge is 2.11. The number of pyridine rings is 1. The number of ether oxygens (including phenoxy) is 2. The van der Waals surface area contributed by atoms with Gasteiger partial charge in [-0.05, 0) is 50.2 Å². The van der Waals surface area contributed by atoms with Crippen molar-refractivity contribution < 1.29 is 14.3 Å². The molecule has 1 aromatic heterocycles. The number of anilines is 1. The zero-order valence-electron chi connectivity index (χ0n) is 14.4. The van der Waals surface area contributed by atoms with Gasteiger partial charge >= 0.3 is 0 Å². The Hall–Kier alpha value is -3.08. The number of benzene rings is 2. The van der Waals surface area contributed by atoms with Crippen LogP contribution in [0.1, 0.15) is 24.2 Å². The van der Waals surface area contributed by atoms with Gasteiger partial charge in [-0.1, -0.05) is 6.07 Å². The highest BCUT2D eigenvalue weighted by atomic mass is 16.5. The molecule has 0 atom stereocenters. The van der Waals surface area contributed by atoms with Crippen molar-refractivity contribution in [3.05, 3.63) is 60.3 Å². The molecule has 3 rings (SSSR count). The molecule has 1 N–H and O–H groups in total. The summed E-state index contributed by atoms with van der Waals surface area (Å²) in [6.45, 7) is 3.92. The number of amides is 1. The quantitative estimate of drug-likeness (QED) is 0.755.